The molecule has 3 aromatic rings. The standard InChI is InChI=1S/C23H28N2O5S2/c1-18(2)24(16-19-12-14-30-15-13-19)32(28,29)23-17-25(22-11-7-6-10-21(22)23)31(26,27)20-8-4-3-5-9-20/h3-11,17-19H,12-16H2,1-2H3. The van der Waals surface area contributed by atoms with Crippen molar-refractivity contribution < 1.29 is 21.6 Å². The molecule has 0 spiro atoms. The summed E-state index contributed by atoms with van der Waals surface area (Å²) in [6, 6.07) is 14.5. The molecular weight excluding hydrogens is 448 g/mol. The molecule has 1 aromatic heterocycles. The average molecular weight is 477 g/mol. The van der Waals surface area contributed by atoms with Crippen LogP contribution in [0.3, 0.4) is 0 Å². The fourth-order valence-electron chi connectivity index (χ4n) is 4.13. The van der Waals surface area contributed by atoms with Gasteiger partial charge in [0, 0.05) is 37.4 Å². The zero-order valence-corrected chi connectivity index (χ0v) is 19.8. The first-order valence-corrected chi connectivity index (χ1v) is 13.6. The molecule has 0 bridgehead atoms. The van der Waals surface area contributed by atoms with Crippen LogP contribution in [0.1, 0.15) is 26.7 Å². The van der Waals surface area contributed by atoms with Gasteiger partial charge in [0.2, 0.25) is 10.0 Å². The minimum atomic E-state index is -3.96. The van der Waals surface area contributed by atoms with Gasteiger partial charge in [-0.2, -0.15) is 4.31 Å². The monoisotopic (exact) mass is 476 g/mol. The van der Waals surface area contributed by atoms with Crippen LogP contribution in [0.5, 0.6) is 0 Å². The number of para-hydroxylation sites is 1. The second kappa shape index (κ2) is 8.97. The summed E-state index contributed by atoms with van der Waals surface area (Å²) in [5, 5.41) is 0.393. The lowest BCUT2D eigenvalue weighted by Crippen LogP contribution is -2.41. The highest BCUT2D eigenvalue weighted by molar-refractivity contribution is 7.90. The Kier molecular flexibility index (Phi) is 6.44. The minimum Gasteiger partial charge on any atom is -0.381 e. The second-order valence-corrected chi connectivity index (χ2v) is 12.0. The van der Waals surface area contributed by atoms with Crippen LogP contribution in [-0.4, -0.2) is 50.9 Å². The first-order chi connectivity index (χ1) is 15.2. The van der Waals surface area contributed by atoms with E-state index in [9.17, 15) is 16.8 Å². The quantitative estimate of drug-likeness (QED) is 0.519. The van der Waals surface area contributed by atoms with Gasteiger partial charge in [-0.15, -0.1) is 0 Å². The fraction of sp³-hybridized carbons (Fsp3) is 0.391. The number of fused-ring (bicyclic) bond motifs is 1. The van der Waals surface area contributed by atoms with Gasteiger partial charge in [0.05, 0.1) is 10.4 Å². The Morgan fingerprint density at radius 3 is 2.25 bits per heavy atom. The van der Waals surface area contributed by atoms with Crippen molar-refractivity contribution >= 4 is 30.9 Å². The highest BCUT2D eigenvalue weighted by Gasteiger charge is 2.34. The molecule has 32 heavy (non-hydrogen) atoms. The summed E-state index contributed by atoms with van der Waals surface area (Å²) in [5.41, 5.74) is 0.338. The molecule has 1 aliphatic heterocycles. The van der Waals surface area contributed by atoms with Crippen molar-refractivity contribution in [2.75, 3.05) is 19.8 Å². The van der Waals surface area contributed by atoms with Crippen molar-refractivity contribution in [2.24, 2.45) is 5.92 Å². The van der Waals surface area contributed by atoms with Gasteiger partial charge in [0.15, 0.2) is 0 Å². The van der Waals surface area contributed by atoms with Crippen molar-refractivity contribution in [2.45, 2.75) is 42.5 Å². The molecule has 0 amide bonds. The lowest BCUT2D eigenvalue weighted by Gasteiger charge is -2.31. The molecule has 4 rings (SSSR count). The van der Waals surface area contributed by atoms with E-state index in [1.54, 1.807) is 42.5 Å². The Balaban J connectivity index is 1.83. The van der Waals surface area contributed by atoms with Crippen LogP contribution < -0.4 is 0 Å². The average Bonchev–Trinajstić information content (AvgIpc) is 3.20. The summed E-state index contributed by atoms with van der Waals surface area (Å²) < 4.78 is 62.3. The van der Waals surface area contributed by atoms with Crippen molar-refractivity contribution in [3.05, 3.63) is 60.8 Å². The van der Waals surface area contributed by atoms with Gasteiger partial charge in [0.25, 0.3) is 10.0 Å². The van der Waals surface area contributed by atoms with Gasteiger partial charge in [-0.1, -0.05) is 36.4 Å². The predicted molar refractivity (Wildman–Crippen MR) is 124 cm³/mol. The highest BCUT2D eigenvalue weighted by Crippen LogP contribution is 2.32. The first kappa shape index (κ1) is 23.0. The van der Waals surface area contributed by atoms with Gasteiger partial charge >= 0.3 is 0 Å². The minimum absolute atomic E-state index is 0.00775. The van der Waals surface area contributed by atoms with Crippen LogP contribution in [-0.2, 0) is 24.8 Å². The molecule has 2 heterocycles. The van der Waals surface area contributed by atoms with Gasteiger partial charge in [-0.25, -0.2) is 20.8 Å². The van der Waals surface area contributed by atoms with E-state index in [0.717, 1.165) is 16.8 Å². The Morgan fingerprint density at radius 2 is 1.59 bits per heavy atom. The zero-order valence-electron chi connectivity index (χ0n) is 18.2. The normalized spacial score (nSPS) is 16.2. The molecule has 7 nitrogen and oxygen atoms in total. The Morgan fingerprint density at radius 1 is 0.969 bits per heavy atom. The smallest absolute Gasteiger partial charge is 0.268 e. The molecule has 1 fully saturated rings. The number of nitrogens with zero attached hydrogens (tertiary/aromatic N) is 2. The Hall–Kier alpha value is -2.20. The molecule has 0 radical (unpaired) electrons. The van der Waals surface area contributed by atoms with Crippen LogP contribution in [0.15, 0.2) is 70.6 Å². The topological polar surface area (TPSA) is 85.7 Å². The molecule has 0 N–H and O–H groups in total. The summed E-state index contributed by atoms with van der Waals surface area (Å²) in [5.74, 6) is 0.210. The Labute approximate surface area is 189 Å². The van der Waals surface area contributed by atoms with E-state index in [-0.39, 0.29) is 21.8 Å². The maximum atomic E-state index is 13.8. The first-order valence-electron chi connectivity index (χ1n) is 10.7. The molecule has 0 aliphatic carbocycles. The van der Waals surface area contributed by atoms with E-state index < -0.39 is 20.0 Å². The summed E-state index contributed by atoms with van der Waals surface area (Å²) in [7, 11) is -7.90. The van der Waals surface area contributed by atoms with E-state index in [1.807, 2.05) is 13.8 Å². The number of hydrogen-bond acceptors (Lipinski definition) is 5. The summed E-state index contributed by atoms with van der Waals surface area (Å²) >= 11 is 0. The third-order valence-corrected chi connectivity index (χ3v) is 9.64. The highest BCUT2D eigenvalue weighted by atomic mass is 32.2. The van der Waals surface area contributed by atoms with E-state index in [2.05, 4.69) is 0 Å². The Bertz CT molecular complexity index is 1290. The maximum absolute atomic E-state index is 13.8. The lowest BCUT2D eigenvalue weighted by atomic mass is 10.0. The van der Waals surface area contributed by atoms with Gasteiger partial charge in [-0.05, 0) is 50.8 Å². The summed E-state index contributed by atoms with van der Waals surface area (Å²) in [6.45, 7) is 5.33. The van der Waals surface area contributed by atoms with Crippen LogP contribution >= 0.6 is 0 Å². The molecule has 9 heteroatoms. The van der Waals surface area contributed by atoms with Crippen molar-refractivity contribution in [3.63, 3.8) is 0 Å². The largest absolute Gasteiger partial charge is 0.381 e. The van der Waals surface area contributed by atoms with E-state index in [0.29, 0.717) is 30.7 Å². The molecule has 0 unspecified atom stereocenters. The molecule has 2 aromatic carbocycles. The van der Waals surface area contributed by atoms with Crippen molar-refractivity contribution in [1.29, 1.82) is 0 Å². The predicted octanol–water partition coefficient (Wildman–Crippen LogP) is 3.70. The molecule has 1 saturated heterocycles. The van der Waals surface area contributed by atoms with Gasteiger partial charge in [0.1, 0.15) is 4.90 Å². The lowest BCUT2D eigenvalue weighted by molar-refractivity contribution is 0.0587. The number of aromatic nitrogens is 1. The van der Waals surface area contributed by atoms with Crippen LogP contribution in [0, 0.1) is 5.92 Å². The summed E-state index contributed by atoms with van der Waals surface area (Å²) in [4.78, 5) is 0.112. The molecule has 1 aliphatic rings. The van der Waals surface area contributed by atoms with Crippen molar-refractivity contribution in [1.82, 2.24) is 8.28 Å². The van der Waals surface area contributed by atoms with Crippen LogP contribution in [0.2, 0.25) is 0 Å². The summed E-state index contributed by atoms with van der Waals surface area (Å²) in [6.07, 6.45) is 2.87. The zero-order chi connectivity index (χ0) is 22.9. The molecule has 0 saturated carbocycles. The molecular formula is C23H28N2O5S2. The number of benzene rings is 2. The van der Waals surface area contributed by atoms with E-state index >= 15 is 0 Å². The second-order valence-electron chi connectivity index (χ2n) is 8.35. The molecule has 0 atom stereocenters. The van der Waals surface area contributed by atoms with Crippen molar-refractivity contribution in [3.8, 4) is 0 Å². The number of sulfonamides is 1. The van der Waals surface area contributed by atoms with Gasteiger partial charge in [-0.3, -0.25) is 0 Å². The fourth-order valence-corrected chi connectivity index (χ4v) is 7.49. The number of hydrogen-bond donors (Lipinski definition) is 0. The third kappa shape index (κ3) is 4.22. The third-order valence-electron chi connectivity index (χ3n) is 5.88. The van der Waals surface area contributed by atoms with Crippen LogP contribution in [0.4, 0.5) is 0 Å². The number of ether oxygens (including phenoxy) is 1. The molecule has 172 valence electrons. The van der Waals surface area contributed by atoms with Gasteiger partial charge < -0.3 is 4.74 Å². The number of rotatable bonds is 7. The van der Waals surface area contributed by atoms with E-state index in [1.165, 1.54) is 22.6 Å². The van der Waals surface area contributed by atoms with E-state index in [4.69, 9.17) is 4.74 Å². The van der Waals surface area contributed by atoms with Crippen LogP contribution in [0.25, 0.3) is 10.9 Å². The maximum Gasteiger partial charge on any atom is 0.268 e. The SMILES string of the molecule is CC(C)N(CC1CCOCC1)S(=O)(=O)c1cn(S(=O)(=O)c2ccccc2)c2ccccc12.